The molecule has 2 aromatic heterocycles. The summed E-state index contributed by atoms with van der Waals surface area (Å²) in [4.78, 5) is 12.8. The summed E-state index contributed by atoms with van der Waals surface area (Å²) in [6.45, 7) is 3.72. The quantitative estimate of drug-likeness (QED) is 0.273. The summed E-state index contributed by atoms with van der Waals surface area (Å²) in [7, 11) is 1.60. The number of amides is 1. The topological polar surface area (TPSA) is 94.1 Å². The normalized spacial score (nSPS) is 12.4. The minimum atomic E-state index is -0.524. The minimum Gasteiger partial charge on any atom is -0.497 e. The highest BCUT2D eigenvalue weighted by Crippen LogP contribution is 2.30. The number of benzene rings is 3. The highest BCUT2D eigenvalue weighted by atomic mass is 19.1. The monoisotopic (exact) mass is 515 g/mol. The number of aryl methyl sites for hydroxylation is 1. The van der Waals surface area contributed by atoms with Gasteiger partial charge in [0.25, 0.3) is 5.91 Å². The van der Waals surface area contributed by atoms with Crippen LogP contribution < -0.4 is 14.8 Å². The maximum Gasteiger partial charge on any atom is 0.272 e. The van der Waals surface area contributed by atoms with Crippen molar-refractivity contribution >= 4 is 16.8 Å². The van der Waals surface area contributed by atoms with Crippen LogP contribution in [0.15, 0.2) is 79.0 Å². The van der Waals surface area contributed by atoms with Gasteiger partial charge in [-0.05, 0) is 80.1 Å². The van der Waals surface area contributed by atoms with Gasteiger partial charge in [-0.25, -0.2) is 9.07 Å². The van der Waals surface area contributed by atoms with Crippen molar-refractivity contribution in [2.75, 3.05) is 7.11 Å². The van der Waals surface area contributed by atoms with Crippen LogP contribution in [-0.2, 0) is 0 Å². The third kappa shape index (κ3) is 5.51. The molecule has 0 spiro atoms. The van der Waals surface area contributed by atoms with Gasteiger partial charge >= 0.3 is 0 Å². The summed E-state index contributed by atoms with van der Waals surface area (Å²) in [5.74, 6) is 0.687. The van der Waals surface area contributed by atoms with Crippen molar-refractivity contribution in [3.63, 3.8) is 0 Å². The average molecular weight is 516 g/mol. The summed E-state index contributed by atoms with van der Waals surface area (Å²) < 4.78 is 27.0. The second-order valence-corrected chi connectivity index (χ2v) is 8.77. The maximum absolute atomic E-state index is 13.4. The second kappa shape index (κ2) is 11.2. The minimum absolute atomic E-state index is 0. The van der Waals surface area contributed by atoms with Gasteiger partial charge in [0.1, 0.15) is 29.1 Å². The molecule has 196 valence electrons. The average Bonchev–Trinajstić information content (AvgIpc) is 3.54. The lowest BCUT2D eigenvalue weighted by Crippen LogP contribution is -2.39. The molecular weight excluding hydrogens is 485 g/mol. The second-order valence-electron chi connectivity index (χ2n) is 8.77. The largest absolute Gasteiger partial charge is 0.497 e. The van der Waals surface area contributed by atoms with E-state index in [0.717, 1.165) is 27.8 Å². The Bertz CT molecular complexity index is 1540. The zero-order valence-electron chi connectivity index (χ0n) is 20.6. The number of nitrogens with one attached hydrogen (secondary N) is 2. The number of aromatic amines is 1. The molecule has 0 saturated heterocycles. The Morgan fingerprint density at radius 2 is 1.84 bits per heavy atom. The van der Waals surface area contributed by atoms with Crippen molar-refractivity contribution in [1.29, 1.82) is 0 Å². The molecule has 2 N–H and O–H groups in total. The first-order chi connectivity index (χ1) is 17.9. The van der Waals surface area contributed by atoms with Crippen LogP contribution in [0.5, 0.6) is 11.5 Å². The van der Waals surface area contributed by atoms with Crippen molar-refractivity contribution < 1.29 is 18.7 Å². The van der Waals surface area contributed by atoms with Crippen molar-refractivity contribution in [2.45, 2.75) is 33.4 Å². The first-order valence-electron chi connectivity index (χ1n) is 11.8. The van der Waals surface area contributed by atoms with Crippen LogP contribution in [0.2, 0.25) is 0 Å². The van der Waals surface area contributed by atoms with Crippen LogP contribution in [-0.4, -0.2) is 39.0 Å². The predicted molar refractivity (Wildman–Crippen MR) is 144 cm³/mol. The van der Waals surface area contributed by atoms with E-state index in [9.17, 15) is 9.18 Å². The molecule has 5 aromatic rings. The fourth-order valence-electron chi connectivity index (χ4n) is 4.19. The Morgan fingerprint density at radius 3 is 2.55 bits per heavy atom. The molecule has 0 aliphatic rings. The first-order valence-corrected chi connectivity index (χ1v) is 11.8. The van der Waals surface area contributed by atoms with Gasteiger partial charge in [0.15, 0.2) is 0 Å². The first kappa shape index (κ1) is 26.4. The molecule has 1 amide bonds. The van der Waals surface area contributed by atoms with Gasteiger partial charge < -0.3 is 14.8 Å². The van der Waals surface area contributed by atoms with E-state index in [0.29, 0.717) is 17.2 Å². The van der Waals surface area contributed by atoms with E-state index in [4.69, 9.17) is 9.47 Å². The Labute approximate surface area is 220 Å². The van der Waals surface area contributed by atoms with Gasteiger partial charge in [-0.3, -0.25) is 9.89 Å². The Balaban J connectivity index is 0.00000336. The molecule has 5 rings (SSSR count). The fourth-order valence-corrected chi connectivity index (χ4v) is 4.19. The highest BCUT2D eigenvalue weighted by molar-refractivity contribution is 5.92. The van der Waals surface area contributed by atoms with E-state index < -0.39 is 12.1 Å². The van der Waals surface area contributed by atoms with Crippen molar-refractivity contribution in [2.24, 2.45) is 0 Å². The van der Waals surface area contributed by atoms with Crippen LogP contribution in [0.1, 0.15) is 42.2 Å². The Kier molecular flexibility index (Phi) is 7.76. The maximum atomic E-state index is 13.4. The third-order valence-electron chi connectivity index (χ3n) is 6.05. The molecule has 0 radical (unpaired) electrons. The summed E-state index contributed by atoms with van der Waals surface area (Å²) in [6, 6.07) is 20.6. The molecule has 2 atom stereocenters. The van der Waals surface area contributed by atoms with Crippen molar-refractivity contribution in [3.8, 4) is 17.2 Å². The van der Waals surface area contributed by atoms with E-state index in [1.807, 2.05) is 56.3 Å². The molecule has 0 saturated carbocycles. The fraction of sp³-hybridized carbons (Fsp3) is 0.207. The van der Waals surface area contributed by atoms with Crippen LogP contribution in [0, 0.1) is 12.7 Å². The van der Waals surface area contributed by atoms with Gasteiger partial charge in [-0.2, -0.15) is 10.2 Å². The summed E-state index contributed by atoms with van der Waals surface area (Å²) >= 11 is 0. The lowest BCUT2D eigenvalue weighted by Gasteiger charge is -2.26. The standard InChI is InChI=1S/C28H26FN5O3.CH4/c1-17-13-25(33-32-17)28(35)31-18(2)27(19-5-4-6-23(14-19)36-3)37-24-11-12-26-20(15-24)16-30-34(26)22-9-7-21(29)8-10-22;/h4-16,18,27H,1-3H3,(H,31,35)(H,32,33);1H4/t18-,27-;/m0./s1. The van der Waals surface area contributed by atoms with E-state index >= 15 is 0 Å². The predicted octanol–water partition coefficient (Wildman–Crippen LogP) is 5.78. The molecular formula is C29H30FN5O3. The van der Waals surface area contributed by atoms with Crippen LogP contribution in [0.25, 0.3) is 16.6 Å². The number of aromatic nitrogens is 4. The smallest absolute Gasteiger partial charge is 0.272 e. The molecule has 0 fully saturated rings. The number of fused-ring (bicyclic) bond motifs is 1. The van der Waals surface area contributed by atoms with Gasteiger partial charge in [0.05, 0.1) is 30.6 Å². The zero-order chi connectivity index (χ0) is 25.9. The molecule has 2 heterocycles. The molecule has 0 aliphatic carbocycles. The van der Waals surface area contributed by atoms with Crippen LogP contribution >= 0.6 is 0 Å². The molecule has 3 aromatic carbocycles. The number of nitrogens with zero attached hydrogens (tertiary/aromatic N) is 3. The Morgan fingerprint density at radius 1 is 1.05 bits per heavy atom. The van der Waals surface area contributed by atoms with Gasteiger partial charge in [-0.1, -0.05) is 19.6 Å². The molecule has 38 heavy (non-hydrogen) atoms. The van der Waals surface area contributed by atoms with Crippen molar-refractivity contribution in [3.05, 3.63) is 102 Å². The van der Waals surface area contributed by atoms with E-state index in [1.54, 1.807) is 36.2 Å². The number of rotatable bonds is 8. The van der Waals surface area contributed by atoms with Crippen LogP contribution in [0.4, 0.5) is 4.39 Å². The van der Waals surface area contributed by atoms with E-state index in [-0.39, 0.29) is 19.2 Å². The number of methoxy groups -OCH3 is 1. The lowest BCUT2D eigenvalue weighted by atomic mass is 10.0. The number of H-pyrrole nitrogens is 1. The molecule has 0 unspecified atom stereocenters. The van der Waals surface area contributed by atoms with Gasteiger partial charge in [-0.15, -0.1) is 0 Å². The zero-order valence-corrected chi connectivity index (χ0v) is 20.6. The third-order valence-corrected chi connectivity index (χ3v) is 6.05. The summed E-state index contributed by atoms with van der Waals surface area (Å²) in [6.07, 6.45) is 1.21. The highest BCUT2D eigenvalue weighted by Gasteiger charge is 2.25. The number of ether oxygens (including phenoxy) is 2. The molecule has 9 heteroatoms. The van der Waals surface area contributed by atoms with Gasteiger partial charge in [0.2, 0.25) is 0 Å². The summed E-state index contributed by atoms with van der Waals surface area (Å²) in [5.41, 5.74) is 3.56. The number of carbonyl (C=O) groups is 1. The van der Waals surface area contributed by atoms with E-state index in [1.165, 1.54) is 12.1 Å². The van der Waals surface area contributed by atoms with Crippen molar-refractivity contribution in [1.82, 2.24) is 25.3 Å². The Hall–Kier alpha value is -4.66. The molecule has 0 aliphatic heterocycles. The van der Waals surface area contributed by atoms with E-state index in [2.05, 4.69) is 20.6 Å². The lowest BCUT2D eigenvalue weighted by molar-refractivity contribution is 0.0877. The number of carbonyl (C=O) groups excluding carboxylic acids is 1. The SMILES string of the molecule is C.COc1cccc([C@@H](Oc2ccc3c(cnn3-c3ccc(F)cc3)c2)[C@H](C)NC(=O)c2cc(C)[nH]n2)c1. The van der Waals surface area contributed by atoms with Gasteiger partial charge in [0, 0.05) is 11.1 Å². The number of hydrogen-bond acceptors (Lipinski definition) is 5. The molecule has 0 bridgehead atoms. The number of hydrogen-bond donors (Lipinski definition) is 2. The number of halogens is 1. The summed E-state index contributed by atoms with van der Waals surface area (Å²) in [5, 5.41) is 15.2. The molecule has 8 nitrogen and oxygen atoms in total. The van der Waals surface area contributed by atoms with Crippen LogP contribution in [0.3, 0.4) is 0 Å².